The van der Waals surface area contributed by atoms with E-state index in [2.05, 4.69) is 76.0 Å². The van der Waals surface area contributed by atoms with Crippen molar-refractivity contribution in [2.45, 2.75) is 58.0 Å². The van der Waals surface area contributed by atoms with Gasteiger partial charge < -0.3 is 0 Å². The number of benzene rings is 3. The first-order valence-corrected chi connectivity index (χ1v) is 16.6. The zero-order chi connectivity index (χ0) is 25.0. The molecule has 3 aromatic carbocycles. The van der Waals surface area contributed by atoms with Crippen LogP contribution in [0.3, 0.4) is 0 Å². The van der Waals surface area contributed by atoms with Crippen molar-refractivity contribution in [3.05, 3.63) is 78.0 Å². The van der Waals surface area contributed by atoms with E-state index < -0.39 is 14.2 Å². The molecule has 0 radical (unpaired) electrons. The lowest BCUT2D eigenvalue weighted by Crippen LogP contribution is -2.19. The van der Waals surface area contributed by atoms with Gasteiger partial charge in [0.2, 0.25) is 0 Å². The van der Waals surface area contributed by atoms with E-state index in [0.29, 0.717) is 11.5 Å². The summed E-state index contributed by atoms with van der Waals surface area (Å²) in [6.45, 7) is 11.1. The molecule has 0 N–H and O–H groups in total. The Morgan fingerprint density at radius 2 is 1.65 bits per heavy atom. The quantitative estimate of drug-likeness (QED) is 0.218. The molecule has 0 saturated carbocycles. The zero-order valence-corrected chi connectivity index (χ0v) is 22.4. The molecule has 1 atom stereocenters. The van der Waals surface area contributed by atoms with Gasteiger partial charge in [0, 0.05) is 40.9 Å². The van der Waals surface area contributed by atoms with Crippen LogP contribution in [0.25, 0.3) is 42.2 Å². The van der Waals surface area contributed by atoms with Crippen molar-refractivity contribution in [3.8, 4) is 11.3 Å². The summed E-state index contributed by atoms with van der Waals surface area (Å²) in [5.74, 6) is 0.384. The standard InChI is InChI=1S/C30H32FNSSi/c1-19(2)26-18-21(17-20-9-6-7-10-22(20)26)28-30-24(13-15-32-28)23-11-8-12-25(29(23)33-30)27(31)14-16-34(3,4)5/h6-13,15,17-19,27H,14,16H2,1-5H3/i27D. The Labute approximate surface area is 208 Å². The number of fused-ring (bicyclic) bond motifs is 4. The highest BCUT2D eigenvalue weighted by atomic mass is 32.1. The summed E-state index contributed by atoms with van der Waals surface area (Å²) >= 11 is 1.58. The third kappa shape index (κ3) is 4.30. The Kier molecular flexibility index (Phi) is 5.74. The van der Waals surface area contributed by atoms with Crippen molar-refractivity contribution >= 4 is 50.4 Å². The molecule has 2 aromatic heterocycles. The van der Waals surface area contributed by atoms with Gasteiger partial charge in [0.25, 0.3) is 0 Å². The van der Waals surface area contributed by atoms with E-state index in [0.717, 1.165) is 37.5 Å². The molecule has 5 rings (SSSR count). The highest BCUT2D eigenvalue weighted by Gasteiger charge is 2.22. The van der Waals surface area contributed by atoms with E-state index in [-0.39, 0.29) is 6.42 Å². The molecule has 0 amide bonds. The van der Waals surface area contributed by atoms with E-state index >= 15 is 4.39 Å². The molecule has 0 aliphatic heterocycles. The summed E-state index contributed by atoms with van der Waals surface area (Å²) in [5, 5.41) is 4.57. The van der Waals surface area contributed by atoms with Gasteiger partial charge in [-0.1, -0.05) is 82.0 Å². The summed E-state index contributed by atoms with van der Waals surface area (Å²) < 4.78 is 26.4. The van der Waals surface area contributed by atoms with Crippen molar-refractivity contribution in [3.63, 3.8) is 0 Å². The SMILES string of the molecule is [2H]C(F)(CC[Si](C)(C)C)c1cccc2c1sc1c(-c3cc(C(C)C)c4ccccc4c3)nccc12. The molecule has 0 fully saturated rings. The van der Waals surface area contributed by atoms with Gasteiger partial charge in [0.05, 0.1) is 11.8 Å². The van der Waals surface area contributed by atoms with Gasteiger partial charge in [0.15, 0.2) is 0 Å². The number of nitrogens with zero attached hydrogens (tertiary/aromatic N) is 1. The Morgan fingerprint density at radius 3 is 2.41 bits per heavy atom. The molecule has 5 aromatic rings. The molecule has 4 heteroatoms. The van der Waals surface area contributed by atoms with E-state index in [9.17, 15) is 0 Å². The van der Waals surface area contributed by atoms with Crippen LogP contribution in [0, 0.1) is 0 Å². The fourth-order valence-electron chi connectivity index (χ4n) is 4.72. The van der Waals surface area contributed by atoms with Crippen LogP contribution in [-0.4, -0.2) is 13.1 Å². The van der Waals surface area contributed by atoms with E-state index in [1.807, 2.05) is 18.3 Å². The third-order valence-electron chi connectivity index (χ3n) is 6.59. The van der Waals surface area contributed by atoms with E-state index in [1.54, 1.807) is 17.4 Å². The second-order valence-electron chi connectivity index (χ2n) is 10.7. The fraction of sp³-hybridized carbons (Fsp3) is 0.300. The van der Waals surface area contributed by atoms with Crippen LogP contribution < -0.4 is 0 Å². The molecule has 0 aliphatic rings. The average molecular weight is 487 g/mol. The number of hydrogen-bond acceptors (Lipinski definition) is 2. The van der Waals surface area contributed by atoms with Gasteiger partial charge in [-0.25, -0.2) is 4.39 Å². The topological polar surface area (TPSA) is 12.9 Å². The lowest BCUT2D eigenvalue weighted by molar-refractivity contribution is 0.336. The Balaban J connectivity index is 1.71. The van der Waals surface area contributed by atoms with Crippen molar-refractivity contribution in [2.75, 3.05) is 0 Å². The number of halogens is 1. The number of alkyl halides is 1. The van der Waals surface area contributed by atoms with Crippen LogP contribution in [0.15, 0.2) is 66.9 Å². The summed E-state index contributed by atoms with van der Waals surface area (Å²) in [4.78, 5) is 4.82. The second kappa shape index (κ2) is 8.90. The first-order valence-electron chi connectivity index (χ1n) is 12.6. The Bertz CT molecular complexity index is 1550. The number of pyridine rings is 1. The molecule has 0 spiro atoms. The van der Waals surface area contributed by atoms with Gasteiger partial charge in [-0.2, -0.15) is 0 Å². The highest BCUT2D eigenvalue weighted by molar-refractivity contribution is 7.26. The molecule has 1 nitrogen and oxygen atoms in total. The van der Waals surface area contributed by atoms with E-state index in [4.69, 9.17) is 6.35 Å². The summed E-state index contributed by atoms with van der Waals surface area (Å²) in [6.07, 6.45) is 0.000957. The molecule has 0 bridgehead atoms. The predicted molar refractivity (Wildman–Crippen MR) is 151 cm³/mol. The smallest absolute Gasteiger partial charge is 0.126 e. The maximum atomic E-state index is 15.8. The van der Waals surface area contributed by atoms with Crippen molar-refractivity contribution < 1.29 is 5.76 Å². The molecular weight excluding hydrogens is 453 g/mol. The molecule has 0 aliphatic carbocycles. The van der Waals surface area contributed by atoms with Gasteiger partial charge in [-0.15, -0.1) is 11.3 Å². The number of aromatic nitrogens is 1. The van der Waals surface area contributed by atoms with Gasteiger partial charge >= 0.3 is 0 Å². The third-order valence-corrected chi connectivity index (χ3v) is 9.60. The maximum Gasteiger partial charge on any atom is 0.126 e. The van der Waals surface area contributed by atoms with Gasteiger partial charge in [-0.3, -0.25) is 4.98 Å². The first-order chi connectivity index (χ1) is 16.5. The van der Waals surface area contributed by atoms with Crippen LogP contribution in [0.4, 0.5) is 4.39 Å². The minimum atomic E-state index is -2.10. The van der Waals surface area contributed by atoms with Gasteiger partial charge in [-0.05, 0) is 46.9 Å². The van der Waals surface area contributed by atoms with Crippen molar-refractivity contribution in [2.24, 2.45) is 0 Å². The van der Waals surface area contributed by atoms with Crippen molar-refractivity contribution in [1.29, 1.82) is 0 Å². The van der Waals surface area contributed by atoms with Crippen LogP contribution in [0.1, 0.15) is 44.8 Å². The number of thiophene rings is 1. The minimum absolute atomic E-state index is 0.240. The monoisotopic (exact) mass is 486 g/mol. The van der Waals surface area contributed by atoms with Crippen LogP contribution >= 0.6 is 11.3 Å². The average Bonchev–Trinajstić information content (AvgIpc) is 3.20. The number of hydrogen-bond donors (Lipinski definition) is 0. The molecule has 34 heavy (non-hydrogen) atoms. The lowest BCUT2D eigenvalue weighted by Gasteiger charge is -2.17. The lowest BCUT2D eigenvalue weighted by atomic mass is 9.92. The summed E-state index contributed by atoms with van der Waals surface area (Å²) in [6, 6.07) is 21.5. The highest BCUT2D eigenvalue weighted by Crippen LogP contribution is 2.44. The summed E-state index contributed by atoms with van der Waals surface area (Å²) in [5.41, 5.74) is 3.81. The second-order valence-corrected chi connectivity index (χ2v) is 17.4. The van der Waals surface area contributed by atoms with Crippen LogP contribution in [-0.2, 0) is 0 Å². The molecular formula is C30H32FNSSi. The van der Waals surface area contributed by atoms with E-state index in [1.165, 1.54) is 16.3 Å². The van der Waals surface area contributed by atoms with Gasteiger partial charge in [0.1, 0.15) is 6.15 Å². The predicted octanol–water partition coefficient (Wildman–Crippen LogP) is 10.1. The summed E-state index contributed by atoms with van der Waals surface area (Å²) in [7, 11) is -1.46. The number of rotatable bonds is 6. The van der Waals surface area contributed by atoms with Crippen LogP contribution in [0.2, 0.25) is 25.7 Å². The normalized spacial score (nSPS) is 14.7. The maximum absolute atomic E-state index is 15.8. The molecule has 2 heterocycles. The molecule has 174 valence electrons. The van der Waals surface area contributed by atoms with Crippen LogP contribution in [0.5, 0.6) is 0 Å². The Morgan fingerprint density at radius 1 is 0.912 bits per heavy atom. The minimum Gasteiger partial charge on any atom is -0.255 e. The zero-order valence-electron chi connectivity index (χ0n) is 21.6. The first kappa shape index (κ1) is 21.9. The molecule has 0 saturated heterocycles. The Hall–Kier alpha value is -2.56. The largest absolute Gasteiger partial charge is 0.255 e. The molecule has 1 unspecified atom stereocenters. The van der Waals surface area contributed by atoms with Crippen molar-refractivity contribution in [1.82, 2.24) is 4.98 Å². The fourth-order valence-corrected chi connectivity index (χ4v) is 7.02.